The standard InChI is InChI=1S/C15H17N3O/c1-12(2)15(19)17-10-14-16-8-9-18(14)11-13-6-4-3-5-7-13/h3-9H,1,10-11H2,2H3,(H,17,19). The van der Waals surface area contributed by atoms with Gasteiger partial charge in [0, 0.05) is 24.5 Å². The van der Waals surface area contributed by atoms with E-state index in [-0.39, 0.29) is 5.91 Å². The number of aromatic nitrogens is 2. The summed E-state index contributed by atoms with van der Waals surface area (Å²) in [5, 5.41) is 2.79. The van der Waals surface area contributed by atoms with Gasteiger partial charge in [-0.05, 0) is 12.5 Å². The first-order chi connectivity index (χ1) is 9.16. The Balaban J connectivity index is 2.02. The largest absolute Gasteiger partial charge is 0.345 e. The number of hydrogen-bond acceptors (Lipinski definition) is 2. The number of rotatable bonds is 5. The van der Waals surface area contributed by atoms with Crippen LogP contribution in [0.3, 0.4) is 0 Å². The Kier molecular flexibility index (Phi) is 4.13. The molecule has 0 atom stereocenters. The molecule has 2 rings (SSSR count). The molecule has 0 spiro atoms. The second-order valence-electron chi connectivity index (χ2n) is 4.42. The lowest BCUT2D eigenvalue weighted by atomic mass is 10.2. The zero-order valence-corrected chi connectivity index (χ0v) is 11.0. The molecule has 0 bridgehead atoms. The van der Waals surface area contributed by atoms with E-state index >= 15 is 0 Å². The second-order valence-corrected chi connectivity index (χ2v) is 4.42. The Morgan fingerprint density at radius 2 is 2.11 bits per heavy atom. The van der Waals surface area contributed by atoms with Gasteiger partial charge in [-0.15, -0.1) is 0 Å². The van der Waals surface area contributed by atoms with E-state index < -0.39 is 0 Å². The molecule has 1 aromatic carbocycles. The van der Waals surface area contributed by atoms with Crippen molar-refractivity contribution in [3.63, 3.8) is 0 Å². The van der Waals surface area contributed by atoms with E-state index in [0.717, 1.165) is 12.4 Å². The lowest BCUT2D eigenvalue weighted by Gasteiger charge is -2.09. The molecule has 98 valence electrons. The lowest BCUT2D eigenvalue weighted by molar-refractivity contribution is -0.117. The summed E-state index contributed by atoms with van der Waals surface area (Å²) in [6.07, 6.45) is 3.65. The van der Waals surface area contributed by atoms with Crippen molar-refractivity contribution < 1.29 is 4.79 Å². The Morgan fingerprint density at radius 1 is 1.37 bits per heavy atom. The van der Waals surface area contributed by atoms with E-state index in [1.807, 2.05) is 29.0 Å². The van der Waals surface area contributed by atoms with Crippen molar-refractivity contribution in [1.29, 1.82) is 0 Å². The Bertz CT molecular complexity index is 572. The van der Waals surface area contributed by atoms with E-state index in [4.69, 9.17) is 0 Å². The molecule has 0 saturated heterocycles. The van der Waals surface area contributed by atoms with Gasteiger partial charge in [-0.1, -0.05) is 36.9 Å². The van der Waals surface area contributed by atoms with Crippen LogP contribution in [0.5, 0.6) is 0 Å². The van der Waals surface area contributed by atoms with Crippen molar-refractivity contribution in [1.82, 2.24) is 14.9 Å². The molecule has 1 heterocycles. The maximum absolute atomic E-state index is 11.5. The summed E-state index contributed by atoms with van der Waals surface area (Å²) in [6, 6.07) is 10.1. The minimum atomic E-state index is -0.144. The van der Waals surface area contributed by atoms with Crippen LogP contribution in [-0.4, -0.2) is 15.5 Å². The first-order valence-corrected chi connectivity index (χ1v) is 6.14. The SMILES string of the molecule is C=C(C)C(=O)NCc1nccn1Cc1ccccc1. The monoisotopic (exact) mass is 255 g/mol. The molecule has 0 aliphatic heterocycles. The molecular formula is C15H17N3O. The molecule has 1 amide bonds. The van der Waals surface area contributed by atoms with Gasteiger partial charge < -0.3 is 9.88 Å². The van der Waals surface area contributed by atoms with Crippen LogP contribution < -0.4 is 5.32 Å². The van der Waals surface area contributed by atoms with Crippen LogP contribution in [0, 0.1) is 0 Å². The minimum absolute atomic E-state index is 0.144. The topological polar surface area (TPSA) is 46.9 Å². The van der Waals surface area contributed by atoms with E-state index in [2.05, 4.69) is 29.0 Å². The highest BCUT2D eigenvalue weighted by Gasteiger charge is 2.06. The number of carbonyl (C=O) groups excluding carboxylic acids is 1. The van der Waals surface area contributed by atoms with Crippen LogP contribution >= 0.6 is 0 Å². The zero-order chi connectivity index (χ0) is 13.7. The third-order valence-corrected chi connectivity index (χ3v) is 2.79. The Hall–Kier alpha value is -2.36. The minimum Gasteiger partial charge on any atom is -0.345 e. The fraction of sp³-hybridized carbons (Fsp3) is 0.200. The van der Waals surface area contributed by atoms with Crippen LogP contribution in [0.25, 0.3) is 0 Å². The van der Waals surface area contributed by atoms with Gasteiger partial charge in [0.05, 0.1) is 6.54 Å². The third kappa shape index (κ3) is 3.55. The van der Waals surface area contributed by atoms with E-state index in [1.54, 1.807) is 13.1 Å². The third-order valence-electron chi connectivity index (χ3n) is 2.79. The second kappa shape index (κ2) is 6.00. The van der Waals surface area contributed by atoms with Crippen molar-refractivity contribution in [2.45, 2.75) is 20.0 Å². The van der Waals surface area contributed by atoms with Crippen LogP contribution in [0.2, 0.25) is 0 Å². The first-order valence-electron chi connectivity index (χ1n) is 6.14. The molecule has 0 saturated carbocycles. The maximum atomic E-state index is 11.5. The highest BCUT2D eigenvalue weighted by atomic mass is 16.1. The molecular weight excluding hydrogens is 238 g/mol. The number of carbonyl (C=O) groups is 1. The molecule has 0 radical (unpaired) electrons. The van der Waals surface area contributed by atoms with Crippen LogP contribution in [0.1, 0.15) is 18.3 Å². The molecule has 2 aromatic rings. The van der Waals surface area contributed by atoms with Gasteiger partial charge in [-0.25, -0.2) is 4.98 Å². The van der Waals surface area contributed by atoms with Gasteiger partial charge in [0.2, 0.25) is 5.91 Å². The molecule has 0 aliphatic rings. The fourth-order valence-corrected chi connectivity index (χ4v) is 1.74. The van der Waals surface area contributed by atoms with Crippen molar-refractivity contribution in [2.24, 2.45) is 0 Å². The molecule has 0 unspecified atom stereocenters. The molecule has 0 fully saturated rings. The summed E-state index contributed by atoms with van der Waals surface area (Å²) in [5.41, 5.74) is 1.70. The fourth-order valence-electron chi connectivity index (χ4n) is 1.74. The van der Waals surface area contributed by atoms with Gasteiger partial charge in [0.15, 0.2) is 0 Å². The molecule has 1 aromatic heterocycles. The molecule has 0 aliphatic carbocycles. The highest BCUT2D eigenvalue weighted by molar-refractivity contribution is 5.91. The summed E-state index contributed by atoms with van der Waals surface area (Å²) in [5.74, 6) is 0.688. The van der Waals surface area contributed by atoms with Crippen molar-refractivity contribution in [2.75, 3.05) is 0 Å². The predicted molar refractivity (Wildman–Crippen MR) is 74.4 cm³/mol. The number of amides is 1. The van der Waals surface area contributed by atoms with Crippen molar-refractivity contribution in [3.8, 4) is 0 Å². The van der Waals surface area contributed by atoms with Gasteiger partial charge in [-0.3, -0.25) is 4.79 Å². The van der Waals surface area contributed by atoms with Crippen molar-refractivity contribution in [3.05, 3.63) is 66.3 Å². The van der Waals surface area contributed by atoms with E-state index in [0.29, 0.717) is 12.1 Å². The van der Waals surface area contributed by atoms with Gasteiger partial charge in [0.1, 0.15) is 5.82 Å². The summed E-state index contributed by atoms with van der Waals surface area (Å²) >= 11 is 0. The maximum Gasteiger partial charge on any atom is 0.246 e. The molecule has 4 heteroatoms. The molecule has 19 heavy (non-hydrogen) atoms. The molecule has 4 nitrogen and oxygen atoms in total. The average Bonchev–Trinajstić information content (AvgIpc) is 2.84. The quantitative estimate of drug-likeness (QED) is 0.832. The summed E-state index contributed by atoms with van der Waals surface area (Å²) in [6.45, 7) is 6.45. The number of imidazole rings is 1. The lowest BCUT2D eigenvalue weighted by Crippen LogP contribution is -2.25. The Morgan fingerprint density at radius 3 is 2.79 bits per heavy atom. The number of nitrogens with one attached hydrogen (secondary N) is 1. The summed E-state index contributed by atoms with van der Waals surface area (Å²) in [4.78, 5) is 15.7. The van der Waals surface area contributed by atoms with Gasteiger partial charge >= 0.3 is 0 Å². The number of nitrogens with zero attached hydrogens (tertiary/aromatic N) is 2. The van der Waals surface area contributed by atoms with Gasteiger partial charge in [-0.2, -0.15) is 0 Å². The Labute approximate surface area is 112 Å². The van der Waals surface area contributed by atoms with Gasteiger partial charge in [0.25, 0.3) is 0 Å². The number of benzene rings is 1. The zero-order valence-electron chi connectivity index (χ0n) is 11.0. The predicted octanol–water partition coefficient (Wildman–Crippen LogP) is 2.12. The van der Waals surface area contributed by atoms with Crippen LogP contribution in [0.4, 0.5) is 0 Å². The van der Waals surface area contributed by atoms with Crippen LogP contribution in [0.15, 0.2) is 54.9 Å². The smallest absolute Gasteiger partial charge is 0.246 e. The summed E-state index contributed by atoms with van der Waals surface area (Å²) in [7, 11) is 0. The van der Waals surface area contributed by atoms with E-state index in [1.165, 1.54) is 5.56 Å². The van der Waals surface area contributed by atoms with Crippen LogP contribution in [-0.2, 0) is 17.9 Å². The highest BCUT2D eigenvalue weighted by Crippen LogP contribution is 2.05. The number of hydrogen-bond donors (Lipinski definition) is 1. The summed E-state index contributed by atoms with van der Waals surface area (Å²) < 4.78 is 2.02. The first kappa shape index (κ1) is 13.1. The van der Waals surface area contributed by atoms with E-state index in [9.17, 15) is 4.79 Å². The average molecular weight is 255 g/mol. The molecule has 1 N–H and O–H groups in total. The van der Waals surface area contributed by atoms with Crippen molar-refractivity contribution >= 4 is 5.91 Å². The normalized spacial score (nSPS) is 10.2.